The van der Waals surface area contributed by atoms with Crippen molar-refractivity contribution < 1.29 is 9.90 Å². The van der Waals surface area contributed by atoms with Gasteiger partial charge in [0, 0.05) is 24.2 Å². The zero-order valence-electron chi connectivity index (χ0n) is 11.4. The normalized spacial score (nSPS) is 12.4. The molecular formula is C15H18N2O2. The minimum absolute atomic E-state index is 0.0869. The standard InChI is InChI=1S/C15H18N2O2/c1-4-10(2)17(3)14-9-13(15(18)19)16-12-8-6-5-7-11(12)14/h5-10H,4H2,1-3H3,(H,18,19). The number of pyridine rings is 1. The lowest BCUT2D eigenvalue weighted by Crippen LogP contribution is -2.28. The third-order valence-electron chi connectivity index (χ3n) is 3.55. The second kappa shape index (κ2) is 5.26. The molecule has 0 aliphatic rings. The molecule has 1 N–H and O–H groups in total. The molecule has 0 radical (unpaired) electrons. The molecule has 0 fully saturated rings. The fourth-order valence-electron chi connectivity index (χ4n) is 2.07. The molecule has 1 heterocycles. The molecule has 100 valence electrons. The molecule has 1 aromatic heterocycles. The van der Waals surface area contributed by atoms with Gasteiger partial charge in [-0.15, -0.1) is 0 Å². The van der Waals surface area contributed by atoms with Crippen LogP contribution in [0.25, 0.3) is 10.9 Å². The van der Waals surface area contributed by atoms with Gasteiger partial charge in [-0.05, 0) is 25.5 Å². The Kier molecular flexibility index (Phi) is 3.69. The highest BCUT2D eigenvalue weighted by Gasteiger charge is 2.15. The van der Waals surface area contributed by atoms with Crippen LogP contribution in [0.5, 0.6) is 0 Å². The van der Waals surface area contributed by atoms with Crippen LogP contribution in [0, 0.1) is 0 Å². The van der Waals surface area contributed by atoms with Crippen LogP contribution in [-0.4, -0.2) is 29.1 Å². The number of benzene rings is 1. The second-order valence-electron chi connectivity index (χ2n) is 4.72. The van der Waals surface area contributed by atoms with E-state index in [0.717, 1.165) is 17.5 Å². The van der Waals surface area contributed by atoms with E-state index in [0.29, 0.717) is 11.6 Å². The number of anilines is 1. The molecule has 1 aromatic carbocycles. The van der Waals surface area contributed by atoms with E-state index >= 15 is 0 Å². The number of hydrogen-bond acceptors (Lipinski definition) is 3. The molecule has 1 unspecified atom stereocenters. The molecule has 0 saturated carbocycles. The molecule has 0 amide bonds. The Morgan fingerprint density at radius 2 is 2.11 bits per heavy atom. The smallest absolute Gasteiger partial charge is 0.354 e. The maximum absolute atomic E-state index is 11.2. The summed E-state index contributed by atoms with van der Waals surface area (Å²) in [6.45, 7) is 4.23. The molecule has 4 heteroatoms. The van der Waals surface area contributed by atoms with Gasteiger partial charge in [0.2, 0.25) is 0 Å². The second-order valence-corrected chi connectivity index (χ2v) is 4.72. The van der Waals surface area contributed by atoms with E-state index in [-0.39, 0.29) is 5.69 Å². The Morgan fingerprint density at radius 3 is 2.74 bits per heavy atom. The molecular weight excluding hydrogens is 240 g/mol. The van der Waals surface area contributed by atoms with Crippen LogP contribution in [0.2, 0.25) is 0 Å². The van der Waals surface area contributed by atoms with Gasteiger partial charge in [0.25, 0.3) is 0 Å². The van der Waals surface area contributed by atoms with Gasteiger partial charge in [-0.3, -0.25) is 0 Å². The predicted octanol–water partition coefficient (Wildman–Crippen LogP) is 3.17. The van der Waals surface area contributed by atoms with E-state index < -0.39 is 5.97 Å². The Balaban J connectivity index is 2.66. The molecule has 0 spiro atoms. The van der Waals surface area contributed by atoms with Crippen molar-refractivity contribution in [2.24, 2.45) is 0 Å². The maximum atomic E-state index is 11.2. The largest absolute Gasteiger partial charge is 0.477 e. The number of hydrogen-bond donors (Lipinski definition) is 1. The van der Waals surface area contributed by atoms with E-state index in [9.17, 15) is 4.79 Å². The van der Waals surface area contributed by atoms with Crippen molar-refractivity contribution in [2.45, 2.75) is 26.3 Å². The highest BCUT2D eigenvalue weighted by Crippen LogP contribution is 2.27. The van der Waals surface area contributed by atoms with Gasteiger partial charge in [-0.2, -0.15) is 0 Å². The van der Waals surface area contributed by atoms with Crippen LogP contribution < -0.4 is 4.90 Å². The summed E-state index contributed by atoms with van der Waals surface area (Å²) in [5, 5.41) is 10.1. The molecule has 19 heavy (non-hydrogen) atoms. The zero-order valence-corrected chi connectivity index (χ0v) is 11.4. The van der Waals surface area contributed by atoms with Gasteiger partial charge in [-0.1, -0.05) is 25.1 Å². The van der Waals surface area contributed by atoms with Gasteiger partial charge in [0.1, 0.15) is 0 Å². The summed E-state index contributed by atoms with van der Waals surface area (Å²) >= 11 is 0. The Morgan fingerprint density at radius 1 is 1.42 bits per heavy atom. The van der Waals surface area contributed by atoms with E-state index in [2.05, 4.69) is 23.7 Å². The Bertz CT molecular complexity index is 610. The third kappa shape index (κ3) is 2.52. The van der Waals surface area contributed by atoms with Crippen molar-refractivity contribution in [3.8, 4) is 0 Å². The number of carbonyl (C=O) groups is 1. The van der Waals surface area contributed by atoms with Gasteiger partial charge in [-0.25, -0.2) is 9.78 Å². The van der Waals surface area contributed by atoms with Crippen LogP contribution in [0.4, 0.5) is 5.69 Å². The molecule has 4 nitrogen and oxygen atoms in total. The van der Waals surface area contributed by atoms with Gasteiger partial charge in [0.05, 0.1) is 5.52 Å². The maximum Gasteiger partial charge on any atom is 0.354 e. The van der Waals surface area contributed by atoms with Crippen LogP contribution >= 0.6 is 0 Å². The van der Waals surface area contributed by atoms with Gasteiger partial charge >= 0.3 is 5.97 Å². The number of fused-ring (bicyclic) bond motifs is 1. The average Bonchev–Trinajstić information content (AvgIpc) is 2.44. The van der Waals surface area contributed by atoms with Crippen molar-refractivity contribution in [3.05, 3.63) is 36.0 Å². The summed E-state index contributed by atoms with van der Waals surface area (Å²) in [5.41, 5.74) is 1.72. The SMILES string of the molecule is CCC(C)N(C)c1cc(C(=O)O)nc2ccccc12. The van der Waals surface area contributed by atoms with Crippen LogP contribution in [0.15, 0.2) is 30.3 Å². The van der Waals surface area contributed by atoms with Crippen molar-refractivity contribution in [1.29, 1.82) is 0 Å². The molecule has 2 rings (SSSR count). The van der Waals surface area contributed by atoms with E-state index in [1.807, 2.05) is 31.3 Å². The Labute approximate surface area is 112 Å². The number of para-hydroxylation sites is 1. The first-order valence-corrected chi connectivity index (χ1v) is 6.40. The van der Waals surface area contributed by atoms with Crippen molar-refractivity contribution in [1.82, 2.24) is 4.98 Å². The van der Waals surface area contributed by atoms with Crippen molar-refractivity contribution >= 4 is 22.6 Å². The molecule has 0 saturated heterocycles. The lowest BCUT2D eigenvalue weighted by molar-refractivity contribution is 0.0691. The molecule has 0 aliphatic carbocycles. The monoisotopic (exact) mass is 258 g/mol. The Hall–Kier alpha value is -2.10. The minimum atomic E-state index is -0.996. The molecule has 2 aromatic rings. The summed E-state index contributed by atoms with van der Waals surface area (Å²) in [6.07, 6.45) is 0.996. The first-order valence-electron chi connectivity index (χ1n) is 6.40. The lowest BCUT2D eigenvalue weighted by Gasteiger charge is -2.27. The molecule has 0 bridgehead atoms. The van der Waals surface area contributed by atoms with E-state index in [1.165, 1.54) is 0 Å². The first-order chi connectivity index (χ1) is 9.04. The van der Waals surface area contributed by atoms with Gasteiger partial charge in [0.15, 0.2) is 5.69 Å². The lowest BCUT2D eigenvalue weighted by atomic mass is 10.1. The third-order valence-corrected chi connectivity index (χ3v) is 3.55. The molecule has 1 atom stereocenters. The number of rotatable bonds is 4. The van der Waals surface area contributed by atoms with Gasteiger partial charge < -0.3 is 10.0 Å². The number of aromatic carboxylic acids is 1. The van der Waals surface area contributed by atoms with Crippen LogP contribution in [0.1, 0.15) is 30.8 Å². The summed E-state index contributed by atoms with van der Waals surface area (Å²) < 4.78 is 0. The van der Waals surface area contributed by atoms with Crippen LogP contribution in [-0.2, 0) is 0 Å². The number of carboxylic acid groups (broad SMARTS) is 1. The van der Waals surface area contributed by atoms with Crippen molar-refractivity contribution in [2.75, 3.05) is 11.9 Å². The summed E-state index contributed by atoms with van der Waals surface area (Å²) in [6, 6.07) is 9.62. The zero-order chi connectivity index (χ0) is 14.0. The highest BCUT2D eigenvalue weighted by atomic mass is 16.4. The van der Waals surface area contributed by atoms with E-state index in [1.54, 1.807) is 6.07 Å². The summed E-state index contributed by atoms with van der Waals surface area (Å²) in [4.78, 5) is 17.5. The number of aromatic nitrogens is 1. The number of nitrogens with zero attached hydrogens (tertiary/aromatic N) is 2. The minimum Gasteiger partial charge on any atom is -0.477 e. The summed E-state index contributed by atoms with van der Waals surface area (Å²) in [5.74, 6) is -0.996. The first kappa shape index (κ1) is 13.3. The topological polar surface area (TPSA) is 53.4 Å². The molecule has 0 aliphatic heterocycles. The summed E-state index contributed by atoms with van der Waals surface area (Å²) in [7, 11) is 1.99. The van der Waals surface area contributed by atoms with Crippen LogP contribution in [0.3, 0.4) is 0 Å². The average molecular weight is 258 g/mol. The quantitative estimate of drug-likeness (QED) is 0.915. The highest BCUT2D eigenvalue weighted by molar-refractivity contribution is 5.97. The fourth-order valence-corrected chi connectivity index (χ4v) is 2.07. The fraction of sp³-hybridized carbons (Fsp3) is 0.333. The van der Waals surface area contributed by atoms with Crippen molar-refractivity contribution in [3.63, 3.8) is 0 Å². The predicted molar refractivity (Wildman–Crippen MR) is 76.9 cm³/mol. The van der Waals surface area contributed by atoms with E-state index in [4.69, 9.17) is 5.11 Å². The number of carboxylic acids is 1.